The van der Waals surface area contributed by atoms with Gasteiger partial charge in [0.05, 0.1) is 12.2 Å². The normalized spacial score (nSPS) is 23.1. The van der Waals surface area contributed by atoms with Gasteiger partial charge in [0.2, 0.25) is 0 Å². The zero-order chi connectivity index (χ0) is 10.4. The summed E-state index contributed by atoms with van der Waals surface area (Å²) in [5, 5.41) is 5.55. The van der Waals surface area contributed by atoms with Crippen LogP contribution >= 0.6 is 15.9 Å². The Bertz CT molecular complexity index is 364. The van der Waals surface area contributed by atoms with Gasteiger partial charge >= 0.3 is 0 Å². The lowest BCUT2D eigenvalue weighted by atomic mass is 10.1. The molecule has 2 aliphatic carbocycles. The molecule has 0 amide bonds. The van der Waals surface area contributed by atoms with Crippen molar-refractivity contribution in [1.82, 2.24) is 9.78 Å². The first-order chi connectivity index (χ1) is 7.31. The van der Waals surface area contributed by atoms with Gasteiger partial charge in [-0.05, 0) is 38.5 Å². The third-order valence-electron chi connectivity index (χ3n) is 3.71. The van der Waals surface area contributed by atoms with Crippen LogP contribution in [0.4, 0.5) is 0 Å². The van der Waals surface area contributed by atoms with Gasteiger partial charge in [-0.15, -0.1) is 0 Å². The largest absolute Gasteiger partial charge is 0.266 e. The molecule has 0 spiro atoms. The van der Waals surface area contributed by atoms with Gasteiger partial charge in [0.25, 0.3) is 0 Å². The monoisotopic (exact) mass is 268 g/mol. The number of halogens is 1. The first-order valence-electron chi connectivity index (χ1n) is 5.93. The molecule has 0 bridgehead atoms. The van der Waals surface area contributed by atoms with Crippen molar-refractivity contribution in [2.45, 2.75) is 49.9 Å². The SMILES string of the molecule is CC(C1CC1)n1ncc(CBr)c1C1CC1. The second kappa shape index (κ2) is 3.62. The zero-order valence-corrected chi connectivity index (χ0v) is 10.7. The van der Waals surface area contributed by atoms with E-state index in [0.29, 0.717) is 6.04 Å². The van der Waals surface area contributed by atoms with Crippen LogP contribution in [0.5, 0.6) is 0 Å². The molecule has 0 saturated heterocycles. The fraction of sp³-hybridized carbons (Fsp3) is 0.750. The summed E-state index contributed by atoms with van der Waals surface area (Å²) in [6, 6.07) is 0.619. The Hall–Kier alpha value is -0.310. The van der Waals surface area contributed by atoms with Gasteiger partial charge in [-0.3, -0.25) is 4.68 Å². The summed E-state index contributed by atoms with van der Waals surface area (Å²) in [7, 11) is 0. The molecule has 0 aliphatic heterocycles. The standard InChI is InChI=1S/C12H17BrN2/c1-8(9-2-3-9)15-12(10-4-5-10)11(6-13)7-14-15/h7-10H,2-6H2,1H3. The van der Waals surface area contributed by atoms with Crippen LogP contribution in [-0.2, 0) is 5.33 Å². The van der Waals surface area contributed by atoms with Crippen LogP contribution in [-0.4, -0.2) is 9.78 Å². The molecule has 15 heavy (non-hydrogen) atoms. The van der Waals surface area contributed by atoms with Crippen LogP contribution in [0.2, 0.25) is 0 Å². The van der Waals surface area contributed by atoms with Crippen LogP contribution in [0, 0.1) is 5.92 Å². The average Bonchev–Trinajstić information content (AvgIpc) is 3.12. The molecule has 2 fully saturated rings. The Labute approximate surface area is 99.2 Å². The zero-order valence-electron chi connectivity index (χ0n) is 9.12. The summed E-state index contributed by atoms with van der Waals surface area (Å²) < 4.78 is 2.31. The molecule has 2 nitrogen and oxygen atoms in total. The first-order valence-corrected chi connectivity index (χ1v) is 7.05. The summed E-state index contributed by atoms with van der Waals surface area (Å²) in [5.41, 5.74) is 2.93. The van der Waals surface area contributed by atoms with Crippen molar-refractivity contribution in [3.63, 3.8) is 0 Å². The number of hydrogen-bond acceptors (Lipinski definition) is 1. The van der Waals surface area contributed by atoms with Gasteiger partial charge in [-0.2, -0.15) is 5.10 Å². The lowest BCUT2D eigenvalue weighted by molar-refractivity contribution is 0.425. The van der Waals surface area contributed by atoms with E-state index in [0.717, 1.165) is 17.2 Å². The van der Waals surface area contributed by atoms with E-state index in [2.05, 4.69) is 38.8 Å². The van der Waals surface area contributed by atoms with Crippen molar-refractivity contribution in [3.8, 4) is 0 Å². The lowest BCUT2D eigenvalue weighted by Gasteiger charge is -2.15. The quantitative estimate of drug-likeness (QED) is 0.763. The Morgan fingerprint density at radius 3 is 2.73 bits per heavy atom. The third-order valence-corrected chi connectivity index (χ3v) is 4.32. The molecule has 1 aromatic heterocycles. The minimum atomic E-state index is 0.619. The van der Waals surface area contributed by atoms with E-state index in [1.165, 1.54) is 36.9 Å². The highest BCUT2D eigenvalue weighted by Gasteiger charge is 2.35. The second-order valence-corrected chi connectivity index (χ2v) is 5.55. The molecule has 1 heterocycles. The molecular formula is C12H17BrN2. The molecule has 0 aromatic carbocycles. The maximum absolute atomic E-state index is 4.60. The van der Waals surface area contributed by atoms with Crippen LogP contribution in [0.15, 0.2) is 6.20 Å². The summed E-state index contributed by atoms with van der Waals surface area (Å²) in [6.07, 6.45) is 7.58. The Kier molecular flexibility index (Phi) is 2.38. The van der Waals surface area contributed by atoms with E-state index in [4.69, 9.17) is 0 Å². The van der Waals surface area contributed by atoms with E-state index in [9.17, 15) is 0 Å². The maximum atomic E-state index is 4.60. The Balaban J connectivity index is 1.94. The van der Waals surface area contributed by atoms with Crippen molar-refractivity contribution in [2.24, 2.45) is 5.92 Å². The fourth-order valence-corrected chi connectivity index (χ4v) is 2.85. The number of alkyl halides is 1. The van der Waals surface area contributed by atoms with E-state index < -0.39 is 0 Å². The minimum Gasteiger partial charge on any atom is -0.266 e. The summed E-state index contributed by atoms with van der Waals surface area (Å²) in [4.78, 5) is 0. The molecule has 1 unspecified atom stereocenters. The first kappa shape index (κ1) is 9.88. The smallest absolute Gasteiger partial charge is 0.0533 e. The molecule has 1 atom stereocenters. The van der Waals surface area contributed by atoms with Crippen molar-refractivity contribution in [1.29, 1.82) is 0 Å². The highest BCUT2D eigenvalue weighted by molar-refractivity contribution is 9.08. The molecule has 3 heteroatoms. The molecular weight excluding hydrogens is 252 g/mol. The maximum Gasteiger partial charge on any atom is 0.0533 e. The molecule has 2 aliphatic rings. The lowest BCUT2D eigenvalue weighted by Crippen LogP contribution is -2.12. The van der Waals surface area contributed by atoms with Gasteiger partial charge in [-0.1, -0.05) is 15.9 Å². The predicted octanol–water partition coefficient (Wildman–Crippen LogP) is 3.63. The van der Waals surface area contributed by atoms with Crippen molar-refractivity contribution < 1.29 is 0 Å². The Morgan fingerprint density at radius 1 is 1.47 bits per heavy atom. The minimum absolute atomic E-state index is 0.619. The van der Waals surface area contributed by atoms with Gasteiger partial charge in [-0.25, -0.2) is 0 Å². The van der Waals surface area contributed by atoms with Crippen LogP contribution in [0.25, 0.3) is 0 Å². The molecule has 0 radical (unpaired) electrons. The fourth-order valence-electron chi connectivity index (χ4n) is 2.42. The van der Waals surface area contributed by atoms with Crippen LogP contribution in [0.3, 0.4) is 0 Å². The number of rotatable bonds is 4. The van der Waals surface area contributed by atoms with Gasteiger partial charge in [0.1, 0.15) is 0 Å². The van der Waals surface area contributed by atoms with Gasteiger partial charge in [0.15, 0.2) is 0 Å². The summed E-state index contributed by atoms with van der Waals surface area (Å²) in [5.74, 6) is 1.70. The van der Waals surface area contributed by atoms with E-state index in [-0.39, 0.29) is 0 Å². The second-order valence-electron chi connectivity index (χ2n) is 4.99. The van der Waals surface area contributed by atoms with Crippen molar-refractivity contribution in [3.05, 3.63) is 17.5 Å². The van der Waals surface area contributed by atoms with E-state index in [1.54, 1.807) is 0 Å². The van der Waals surface area contributed by atoms with Gasteiger partial charge in [0, 0.05) is 22.5 Å². The number of aromatic nitrogens is 2. The molecule has 1 aromatic rings. The van der Waals surface area contributed by atoms with Crippen LogP contribution < -0.4 is 0 Å². The molecule has 3 rings (SSSR count). The third kappa shape index (κ3) is 1.75. The van der Waals surface area contributed by atoms with Gasteiger partial charge < -0.3 is 0 Å². The summed E-state index contributed by atoms with van der Waals surface area (Å²) in [6.45, 7) is 2.33. The summed E-state index contributed by atoms with van der Waals surface area (Å²) >= 11 is 3.57. The predicted molar refractivity (Wildman–Crippen MR) is 64.3 cm³/mol. The van der Waals surface area contributed by atoms with Crippen LogP contribution in [0.1, 0.15) is 55.8 Å². The molecule has 2 saturated carbocycles. The number of hydrogen-bond donors (Lipinski definition) is 0. The molecule has 82 valence electrons. The topological polar surface area (TPSA) is 17.8 Å². The highest BCUT2D eigenvalue weighted by atomic mass is 79.9. The molecule has 0 N–H and O–H groups in total. The van der Waals surface area contributed by atoms with Crippen molar-refractivity contribution in [2.75, 3.05) is 0 Å². The number of nitrogens with zero attached hydrogens (tertiary/aromatic N) is 2. The van der Waals surface area contributed by atoms with E-state index in [1.807, 2.05) is 0 Å². The highest BCUT2D eigenvalue weighted by Crippen LogP contribution is 2.46. The van der Waals surface area contributed by atoms with Crippen molar-refractivity contribution >= 4 is 15.9 Å². The average molecular weight is 269 g/mol. The van der Waals surface area contributed by atoms with E-state index >= 15 is 0 Å². The Morgan fingerprint density at radius 2 is 2.20 bits per heavy atom.